The first kappa shape index (κ1) is 18.4. The molecule has 144 valence electrons. The first-order valence-electron chi connectivity index (χ1n) is 9.84. The summed E-state index contributed by atoms with van der Waals surface area (Å²) in [6, 6.07) is 18.0. The number of rotatable bonds is 6. The van der Waals surface area contributed by atoms with Gasteiger partial charge in [-0.15, -0.1) is 5.10 Å². The fraction of sp³-hybridized carbons (Fsp3) is 0.318. The molecule has 0 aliphatic carbocycles. The summed E-state index contributed by atoms with van der Waals surface area (Å²) in [5.74, 6) is -0.223. The van der Waals surface area contributed by atoms with Crippen molar-refractivity contribution in [2.45, 2.75) is 32.4 Å². The van der Waals surface area contributed by atoms with E-state index in [9.17, 15) is 4.79 Å². The number of carbonyl (C=O) groups is 1. The van der Waals surface area contributed by atoms with Crippen LogP contribution < -0.4 is 5.32 Å². The molecule has 2 aromatic carbocycles. The van der Waals surface area contributed by atoms with Crippen molar-refractivity contribution in [3.8, 4) is 5.69 Å². The van der Waals surface area contributed by atoms with Crippen LogP contribution in [0.3, 0.4) is 0 Å². The van der Waals surface area contributed by atoms with E-state index in [0.717, 1.165) is 17.8 Å². The Morgan fingerprint density at radius 3 is 2.39 bits per heavy atom. The largest absolute Gasteiger partial charge is 0.347 e. The summed E-state index contributed by atoms with van der Waals surface area (Å²) in [6.07, 6.45) is 5.45. The molecule has 28 heavy (non-hydrogen) atoms. The highest BCUT2D eigenvalue weighted by Gasteiger charge is 2.12. The number of para-hydroxylation sites is 1. The van der Waals surface area contributed by atoms with Crippen molar-refractivity contribution >= 4 is 5.91 Å². The van der Waals surface area contributed by atoms with E-state index >= 15 is 0 Å². The maximum atomic E-state index is 12.4. The third-order valence-electron chi connectivity index (χ3n) is 5.04. The number of benzene rings is 2. The number of piperidine rings is 1. The normalized spacial score (nSPS) is 14.7. The molecule has 6 nitrogen and oxygen atoms in total. The fourth-order valence-corrected chi connectivity index (χ4v) is 3.46. The molecule has 0 saturated carbocycles. The Balaban J connectivity index is 1.30. The van der Waals surface area contributed by atoms with E-state index in [0.29, 0.717) is 12.2 Å². The van der Waals surface area contributed by atoms with Crippen LogP contribution in [0.15, 0.2) is 60.8 Å². The smallest absolute Gasteiger partial charge is 0.273 e. The van der Waals surface area contributed by atoms with Gasteiger partial charge in [-0.05, 0) is 49.2 Å². The first-order valence-corrected chi connectivity index (χ1v) is 9.84. The number of likely N-dealkylation sites (tertiary alicyclic amines) is 1. The molecule has 0 bridgehead atoms. The van der Waals surface area contributed by atoms with Crippen LogP contribution in [0.2, 0.25) is 0 Å². The maximum absolute atomic E-state index is 12.4. The van der Waals surface area contributed by atoms with Gasteiger partial charge in [-0.2, -0.15) is 9.90 Å². The molecule has 2 heterocycles. The summed E-state index contributed by atoms with van der Waals surface area (Å²) in [6.45, 7) is 3.87. The van der Waals surface area contributed by atoms with Crippen LogP contribution in [-0.2, 0) is 13.1 Å². The first-order chi connectivity index (χ1) is 13.8. The standard InChI is InChI=1S/C22H25N5O/c28-22(21-16-24-27(25-21)20-7-3-1-4-8-20)23-15-18-9-11-19(12-10-18)17-26-13-5-2-6-14-26/h1,3-4,7-12,16H,2,5-6,13-15,17H2,(H,23,28). The monoisotopic (exact) mass is 375 g/mol. The third kappa shape index (κ3) is 4.64. The number of hydrogen-bond acceptors (Lipinski definition) is 4. The van der Waals surface area contributed by atoms with Gasteiger partial charge >= 0.3 is 0 Å². The van der Waals surface area contributed by atoms with Crippen LogP contribution in [-0.4, -0.2) is 38.9 Å². The zero-order valence-electron chi connectivity index (χ0n) is 15.9. The van der Waals surface area contributed by atoms with Crippen LogP contribution >= 0.6 is 0 Å². The van der Waals surface area contributed by atoms with Gasteiger partial charge in [0.15, 0.2) is 5.69 Å². The van der Waals surface area contributed by atoms with Crippen molar-refractivity contribution in [1.82, 2.24) is 25.2 Å². The van der Waals surface area contributed by atoms with Gasteiger partial charge in [0.2, 0.25) is 0 Å². The molecule has 1 amide bonds. The number of amides is 1. The van der Waals surface area contributed by atoms with Gasteiger partial charge in [0.25, 0.3) is 5.91 Å². The molecule has 6 heteroatoms. The van der Waals surface area contributed by atoms with E-state index in [1.54, 1.807) is 0 Å². The van der Waals surface area contributed by atoms with Crippen molar-refractivity contribution in [3.05, 3.63) is 77.6 Å². The molecule has 3 aromatic rings. The highest BCUT2D eigenvalue weighted by Crippen LogP contribution is 2.13. The second-order valence-corrected chi connectivity index (χ2v) is 7.19. The van der Waals surface area contributed by atoms with E-state index in [4.69, 9.17) is 0 Å². The summed E-state index contributed by atoms with van der Waals surface area (Å²) in [7, 11) is 0. The molecule has 4 rings (SSSR count). The van der Waals surface area contributed by atoms with E-state index < -0.39 is 0 Å². The van der Waals surface area contributed by atoms with Crippen molar-refractivity contribution in [2.24, 2.45) is 0 Å². The van der Waals surface area contributed by atoms with Gasteiger partial charge in [0, 0.05) is 13.1 Å². The average Bonchev–Trinajstić information content (AvgIpc) is 3.25. The average molecular weight is 375 g/mol. The van der Waals surface area contributed by atoms with Crippen LogP contribution in [0.25, 0.3) is 5.69 Å². The molecular weight excluding hydrogens is 350 g/mol. The second-order valence-electron chi connectivity index (χ2n) is 7.19. The zero-order chi connectivity index (χ0) is 19.2. The predicted molar refractivity (Wildman–Crippen MR) is 108 cm³/mol. The van der Waals surface area contributed by atoms with Gasteiger partial charge in [-0.25, -0.2) is 0 Å². The van der Waals surface area contributed by atoms with Crippen molar-refractivity contribution in [2.75, 3.05) is 13.1 Å². The minimum absolute atomic E-state index is 0.223. The molecule has 0 unspecified atom stereocenters. The van der Waals surface area contributed by atoms with Crippen LogP contribution in [0, 0.1) is 0 Å². The predicted octanol–water partition coefficient (Wildman–Crippen LogP) is 3.18. The summed E-state index contributed by atoms with van der Waals surface area (Å²) in [5, 5.41) is 11.3. The minimum Gasteiger partial charge on any atom is -0.347 e. The summed E-state index contributed by atoms with van der Waals surface area (Å²) in [4.78, 5) is 16.3. The second kappa shape index (κ2) is 8.80. The molecular formula is C22H25N5O. The van der Waals surface area contributed by atoms with Crippen LogP contribution in [0.4, 0.5) is 0 Å². The SMILES string of the molecule is O=C(NCc1ccc(CN2CCCCC2)cc1)c1cnn(-c2ccccc2)n1. The Labute approximate surface area is 165 Å². The van der Waals surface area contributed by atoms with E-state index in [1.807, 2.05) is 30.3 Å². The minimum atomic E-state index is -0.223. The van der Waals surface area contributed by atoms with Gasteiger partial charge < -0.3 is 5.32 Å². The lowest BCUT2D eigenvalue weighted by molar-refractivity contribution is 0.0945. The lowest BCUT2D eigenvalue weighted by Gasteiger charge is -2.26. The maximum Gasteiger partial charge on any atom is 0.273 e. The van der Waals surface area contributed by atoms with E-state index in [2.05, 4.69) is 44.7 Å². The number of nitrogens with zero attached hydrogens (tertiary/aromatic N) is 4. The van der Waals surface area contributed by atoms with Gasteiger partial charge in [0.1, 0.15) is 0 Å². The Morgan fingerprint density at radius 1 is 0.929 bits per heavy atom. The van der Waals surface area contributed by atoms with Crippen LogP contribution in [0.1, 0.15) is 40.9 Å². The molecule has 1 fully saturated rings. The van der Waals surface area contributed by atoms with Crippen LogP contribution in [0.5, 0.6) is 0 Å². The summed E-state index contributed by atoms with van der Waals surface area (Å²) < 4.78 is 0. The Hall–Kier alpha value is -2.99. The van der Waals surface area contributed by atoms with Crippen molar-refractivity contribution < 1.29 is 4.79 Å². The van der Waals surface area contributed by atoms with E-state index in [-0.39, 0.29) is 5.91 Å². The number of aromatic nitrogens is 3. The molecule has 0 atom stereocenters. The van der Waals surface area contributed by atoms with Gasteiger partial charge in [-0.3, -0.25) is 9.69 Å². The van der Waals surface area contributed by atoms with Gasteiger partial charge in [-0.1, -0.05) is 48.9 Å². The quantitative estimate of drug-likeness (QED) is 0.719. The lowest BCUT2D eigenvalue weighted by Crippen LogP contribution is -2.29. The zero-order valence-corrected chi connectivity index (χ0v) is 15.9. The third-order valence-corrected chi connectivity index (χ3v) is 5.04. The van der Waals surface area contributed by atoms with Crippen molar-refractivity contribution in [1.29, 1.82) is 0 Å². The van der Waals surface area contributed by atoms with Gasteiger partial charge in [0.05, 0.1) is 11.9 Å². The fourth-order valence-electron chi connectivity index (χ4n) is 3.46. The van der Waals surface area contributed by atoms with Crippen molar-refractivity contribution in [3.63, 3.8) is 0 Å². The number of carbonyl (C=O) groups excluding carboxylic acids is 1. The van der Waals surface area contributed by atoms with E-state index in [1.165, 1.54) is 48.9 Å². The molecule has 1 N–H and O–H groups in total. The Kier molecular flexibility index (Phi) is 5.77. The topological polar surface area (TPSA) is 63.1 Å². The molecule has 1 aliphatic heterocycles. The molecule has 0 spiro atoms. The summed E-state index contributed by atoms with van der Waals surface area (Å²) >= 11 is 0. The highest BCUT2D eigenvalue weighted by atomic mass is 16.2. The Morgan fingerprint density at radius 2 is 1.64 bits per heavy atom. The number of nitrogens with one attached hydrogen (secondary N) is 1. The summed E-state index contributed by atoms with van der Waals surface area (Å²) in [5.41, 5.74) is 3.53. The molecule has 1 aliphatic rings. The molecule has 1 aromatic heterocycles. The molecule has 1 saturated heterocycles. The lowest BCUT2D eigenvalue weighted by atomic mass is 10.1. The highest BCUT2D eigenvalue weighted by molar-refractivity contribution is 5.91. The Bertz CT molecular complexity index is 898. The molecule has 0 radical (unpaired) electrons. The number of hydrogen-bond donors (Lipinski definition) is 1.